The van der Waals surface area contributed by atoms with Crippen LogP contribution in [-0.2, 0) is 0 Å². The molecular formula is C19H32N2. The topological polar surface area (TPSA) is 15.3 Å². The summed E-state index contributed by atoms with van der Waals surface area (Å²) in [5.41, 5.74) is 4.77. The van der Waals surface area contributed by atoms with E-state index in [1.54, 1.807) is 0 Å². The highest BCUT2D eigenvalue weighted by Crippen LogP contribution is 2.37. The molecule has 0 aromatic heterocycles. The van der Waals surface area contributed by atoms with E-state index in [4.69, 9.17) is 0 Å². The summed E-state index contributed by atoms with van der Waals surface area (Å²) in [5, 5.41) is 3.51. The number of nitrogens with zero attached hydrogens (tertiary/aromatic N) is 1. The van der Waals surface area contributed by atoms with Crippen molar-refractivity contribution >= 4 is 0 Å². The molecule has 1 aliphatic rings. The Bertz CT molecular complexity index is 463. The third-order valence-electron chi connectivity index (χ3n) is 5.74. The van der Waals surface area contributed by atoms with Crippen LogP contribution in [0.3, 0.4) is 0 Å². The fourth-order valence-corrected chi connectivity index (χ4v) is 3.61. The highest BCUT2D eigenvalue weighted by atomic mass is 15.2. The van der Waals surface area contributed by atoms with Gasteiger partial charge in [-0.15, -0.1) is 0 Å². The Morgan fingerprint density at radius 2 is 1.90 bits per heavy atom. The molecule has 1 aromatic rings. The van der Waals surface area contributed by atoms with Crippen molar-refractivity contribution in [3.8, 4) is 0 Å². The predicted octanol–water partition coefficient (Wildman–Crippen LogP) is 4.08. The molecule has 1 heterocycles. The van der Waals surface area contributed by atoms with E-state index >= 15 is 0 Å². The van der Waals surface area contributed by atoms with Gasteiger partial charge in [0.15, 0.2) is 0 Å². The largest absolute Gasteiger partial charge is 0.312 e. The second kappa shape index (κ2) is 6.93. The fraction of sp³-hybridized carbons (Fsp3) is 0.684. The van der Waals surface area contributed by atoms with E-state index in [9.17, 15) is 0 Å². The lowest BCUT2D eigenvalue weighted by molar-refractivity contribution is 0.227. The SMILES string of the molecule is CCC1(CC)CCN(CC(NC)c2ccc(C)c(C)c2)C1. The number of benzene rings is 1. The van der Waals surface area contributed by atoms with Gasteiger partial charge in [-0.25, -0.2) is 0 Å². The first kappa shape index (κ1) is 16.5. The van der Waals surface area contributed by atoms with Crippen molar-refractivity contribution in [2.45, 2.75) is 53.0 Å². The van der Waals surface area contributed by atoms with E-state index in [1.165, 1.54) is 49.0 Å². The second-order valence-electron chi connectivity index (χ2n) is 6.88. The average Bonchev–Trinajstić information content (AvgIpc) is 2.92. The molecule has 2 heteroatoms. The molecule has 1 N–H and O–H groups in total. The number of likely N-dealkylation sites (N-methyl/N-ethyl adjacent to an activating group) is 1. The molecule has 1 unspecified atom stereocenters. The minimum atomic E-state index is 0.439. The summed E-state index contributed by atoms with van der Waals surface area (Å²) in [5.74, 6) is 0. The van der Waals surface area contributed by atoms with Crippen molar-refractivity contribution in [1.82, 2.24) is 10.2 Å². The highest BCUT2D eigenvalue weighted by Gasteiger charge is 2.35. The number of nitrogens with one attached hydrogen (secondary N) is 1. The van der Waals surface area contributed by atoms with Crippen LogP contribution in [0.15, 0.2) is 18.2 Å². The molecule has 1 atom stereocenters. The van der Waals surface area contributed by atoms with E-state index in [-0.39, 0.29) is 0 Å². The molecule has 1 saturated heterocycles. The second-order valence-corrected chi connectivity index (χ2v) is 6.88. The molecule has 2 rings (SSSR count). The van der Waals surface area contributed by atoms with Gasteiger partial charge in [0, 0.05) is 19.1 Å². The number of rotatable bonds is 6. The molecule has 0 amide bonds. The van der Waals surface area contributed by atoms with Crippen LogP contribution in [0.1, 0.15) is 55.8 Å². The van der Waals surface area contributed by atoms with Gasteiger partial charge in [-0.05, 0) is 68.8 Å². The van der Waals surface area contributed by atoms with Crippen LogP contribution in [0.4, 0.5) is 0 Å². The Balaban J connectivity index is 2.05. The third-order valence-corrected chi connectivity index (χ3v) is 5.74. The van der Waals surface area contributed by atoms with Crippen molar-refractivity contribution in [1.29, 1.82) is 0 Å². The van der Waals surface area contributed by atoms with Gasteiger partial charge in [0.2, 0.25) is 0 Å². The van der Waals surface area contributed by atoms with Crippen molar-refractivity contribution in [2.75, 3.05) is 26.7 Å². The predicted molar refractivity (Wildman–Crippen MR) is 91.8 cm³/mol. The molecule has 0 radical (unpaired) electrons. The molecular weight excluding hydrogens is 256 g/mol. The quantitative estimate of drug-likeness (QED) is 0.848. The van der Waals surface area contributed by atoms with Crippen LogP contribution in [0.25, 0.3) is 0 Å². The number of aryl methyl sites for hydroxylation is 2. The van der Waals surface area contributed by atoms with E-state index in [2.05, 4.69) is 63.2 Å². The summed E-state index contributed by atoms with van der Waals surface area (Å²) in [7, 11) is 2.09. The lowest BCUT2D eigenvalue weighted by atomic mass is 9.82. The Labute approximate surface area is 130 Å². The lowest BCUT2D eigenvalue weighted by Gasteiger charge is -2.28. The van der Waals surface area contributed by atoms with Crippen LogP contribution >= 0.6 is 0 Å². The number of likely N-dealkylation sites (tertiary alicyclic amines) is 1. The molecule has 1 fully saturated rings. The average molecular weight is 288 g/mol. The molecule has 118 valence electrons. The first-order valence-electron chi connectivity index (χ1n) is 8.50. The van der Waals surface area contributed by atoms with E-state index < -0.39 is 0 Å². The van der Waals surface area contributed by atoms with Gasteiger partial charge in [0.05, 0.1) is 0 Å². The minimum absolute atomic E-state index is 0.439. The van der Waals surface area contributed by atoms with Crippen LogP contribution in [0.5, 0.6) is 0 Å². The summed E-state index contributed by atoms with van der Waals surface area (Å²) < 4.78 is 0. The van der Waals surface area contributed by atoms with E-state index in [0.29, 0.717) is 11.5 Å². The summed E-state index contributed by atoms with van der Waals surface area (Å²) >= 11 is 0. The Hall–Kier alpha value is -0.860. The minimum Gasteiger partial charge on any atom is -0.312 e. The molecule has 1 aliphatic heterocycles. The summed E-state index contributed by atoms with van der Waals surface area (Å²) in [4.78, 5) is 2.66. The number of hydrogen-bond donors (Lipinski definition) is 1. The van der Waals surface area contributed by atoms with Gasteiger partial charge in [0.1, 0.15) is 0 Å². The Kier molecular flexibility index (Phi) is 5.45. The summed E-state index contributed by atoms with van der Waals surface area (Å²) in [6.07, 6.45) is 3.99. The normalized spacial score (nSPS) is 19.9. The van der Waals surface area contributed by atoms with Crippen LogP contribution < -0.4 is 5.32 Å². The van der Waals surface area contributed by atoms with Gasteiger partial charge < -0.3 is 10.2 Å². The van der Waals surface area contributed by atoms with Gasteiger partial charge in [-0.2, -0.15) is 0 Å². The monoisotopic (exact) mass is 288 g/mol. The van der Waals surface area contributed by atoms with E-state index in [1.807, 2.05) is 0 Å². The molecule has 0 spiro atoms. The van der Waals surface area contributed by atoms with Gasteiger partial charge in [-0.3, -0.25) is 0 Å². The van der Waals surface area contributed by atoms with Gasteiger partial charge in [0.25, 0.3) is 0 Å². The van der Waals surface area contributed by atoms with Gasteiger partial charge >= 0.3 is 0 Å². The fourth-order valence-electron chi connectivity index (χ4n) is 3.61. The van der Waals surface area contributed by atoms with Crippen molar-refractivity contribution in [3.05, 3.63) is 34.9 Å². The maximum Gasteiger partial charge on any atom is 0.0446 e. The van der Waals surface area contributed by atoms with Gasteiger partial charge in [-0.1, -0.05) is 32.0 Å². The van der Waals surface area contributed by atoms with Crippen LogP contribution in [0.2, 0.25) is 0 Å². The Morgan fingerprint density at radius 3 is 2.43 bits per heavy atom. The standard InChI is InChI=1S/C19H32N2/c1-6-19(7-2)10-11-21(14-19)13-18(20-5)17-9-8-15(3)16(4)12-17/h8-9,12,18,20H,6-7,10-11,13-14H2,1-5H3. The molecule has 2 nitrogen and oxygen atoms in total. The molecule has 21 heavy (non-hydrogen) atoms. The first-order valence-corrected chi connectivity index (χ1v) is 8.50. The zero-order valence-corrected chi connectivity index (χ0v) is 14.5. The van der Waals surface area contributed by atoms with Crippen LogP contribution in [-0.4, -0.2) is 31.6 Å². The smallest absolute Gasteiger partial charge is 0.0446 e. The molecule has 0 aliphatic carbocycles. The van der Waals surface area contributed by atoms with Crippen molar-refractivity contribution in [3.63, 3.8) is 0 Å². The maximum atomic E-state index is 3.51. The molecule has 0 saturated carbocycles. The van der Waals surface area contributed by atoms with Crippen LogP contribution in [0, 0.1) is 19.3 Å². The zero-order valence-electron chi connectivity index (χ0n) is 14.5. The van der Waals surface area contributed by atoms with Crippen molar-refractivity contribution < 1.29 is 0 Å². The third kappa shape index (κ3) is 3.67. The highest BCUT2D eigenvalue weighted by molar-refractivity contribution is 5.31. The summed E-state index contributed by atoms with van der Waals surface area (Å²) in [6, 6.07) is 7.32. The summed E-state index contributed by atoms with van der Waals surface area (Å²) in [6.45, 7) is 12.7. The first-order chi connectivity index (χ1) is 10.0. The van der Waals surface area contributed by atoms with E-state index in [0.717, 1.165) is 6.54 Å². The molecule has 0 bridgehead atoms. The van der Waals surface area contributed by atoms with Crippen molar-refractivity contribution in [2.24, 2.45) is 5.41 Å². The maximum absolute atomic E-state index is 3.51. The molecule has 1 aromatic carbocycles. The lowest BCUT2D eigenvalue weighted by Crippen LogP contribution is -2.34. The Morgan fingerprint density at radius 1 is 1.19 bits per heavy atom. The zero-order chi connectivity index (χ0) is 15.5. The number of hydrogen-bond acceptors (Lipinski definition) is 2.